The fourth-order valence-corrected chi connectivity index (χ4v) is 2.71. The average Bonchev–Trinajstić information content (AvgIpc) is 2.79. The van der Waals surface area contributed by atoms with Gasteiger partial charge in [0.2, 0.25) is 0 Å². The molecule has 0 atom stereocenters. The van der Waals surface area contributed by atoms with E-state index < -0.39 is 0 Å². The number of hydrogen-bond donors (Lipinski definition) is 1. The van der Waals surface area contributed by atoms with Crippen molar-refractivity contribution in [2.45, 2.75) is 39.8 Å². The van der Waals surface area contributed by atoms with Gasteiger partial charge in [-0.1, -0.05) is 43.1 Å². The Balaban J connectivity index is 2.37. The van der Waals surface area contributed by atoms with Gasteiger partial charge in [0, 0.05) is 11.3 Å². The van der Waals surface area contributed by atoms with E-state index in [-0.39, 0.29) is 6.61 Å². The molecule has 0 saturated heterocycles. The zero-order chi connectivity index (χ0) is 14.7. The second-order valence-electron chi connectivity index (χ2n) is 4.64. The molecule has 20 heavy (non-hydrogen) atoms. The van der Waals surface area contributed by atoms with Gasteiger partial charge in [0.25, 0.3) is 0 Å². The van der Waals surface area contributed by atoms with Crippen LogP contribution in [0.25, 0.3) is 0 Å². The molecule has 0 aliphatic rings. The Labute approximate surface area is 129 Å². The van der Waals surface area contributed by atoms with Gasteiger partial charge in [0.05, 0.1) is 28.9 Å². The van der Waals surface area contributed by atoms with Crippen LogP contribution in [0.4, 0.5) is 0 Å². The topological polar surface area (TPSA) is 38.0 Å². The van der Waals surface area contributed by atoms with Crippen LogP contribution in [0.5, 0.6) is 0 Å². The van der Waals surface area contributed by atoms with E-state index in [4.69, 9.17) is 23.2 Å². The third kappa shape index (κ3) is 3.00. The number of aliphatic hydroxyl groups is 1. The summed E-state index contributed by atoms with van der Waals surface area (Å²) in [5, 5.41) is 15.2. The Kier molecular flexibility index (Phi) is 5.08. The van der Waals surface area contributed by atoms with Gasteiger partial charge in [0.1, 0.15) is 0 Å². The van der Waals surface area contributed by atoms with Gasteiger partial charge in [-0.2, -0.15) is 5.10 Å². The minimum absolute atomic E-state index is 0.0354. The summed E-state index contributed by atoms with van der Waals surface area (Å²) in [7, 11) is 0. The van der Waals surface area contributed by atoms with E-state index in [0.717, 1.165) is 35.4 Å². The number of aromatic nitrogens is 2. The molecule has 1 heterocycles. The monoisotopic (exact) mass is 312 g/mol. The third-order valence-corrected chi connectivity index (χ3v) is 4.13. The Morgan fingerprint density at radius 1 is 1.15 bits per heavy atom. The quantitative estimate of drug-likeness (QED) is 0.910. The first-order valence-electron chi connectivity index (χ1n) is 6.72. The van der Waals surface area contributed by atoms with Crippen molar-refractivity contribution in [2.75, 3.05) is 0 Å². The van der Waals surface area contributed by atoms with Gasteiger partial charge in [-0.3, -0.25) is 4.68 Å². The van der Waals surface area contributed by atoms with E-state index in [1.807, 2.05) is 23.7 Å². The smallest absolute Gasteiger partial charge is 0.0718 e. The minimum atomic E-state index is 0.0354. The van der Waals surface area contributed by atoms with Gasteiger partial charge in [-0.05, 0) is 30.5 Å². The molecule has 2 aromatic rings. The number of aliphatic hydroxyl groups excluding tert-OH is 1. The van der Waals surface area contributed by atoms with Crippen molar-refractivity contribution in [1.82, 2.24) is 9.78 Å². The summed E-state index contributed by atoms with van der Waals surface area (Å²) in [5.41, 5.74) is 4.04. The van der Waals surface area contributed by atoms with E-state index in [1.54, 1.807) is 6.07 Å². The predicted octanol–water partition coefficient (Wildman–Crippen LogP) is 3.86. The molecule has 1 aromatic carbocycles. The van der Waals surface area contributed by atoms with Crippen LogP contribution in [-0.4, -0.2) is 14.9 Å². The summed E-state index contributed by atoms with van der Waals surface area (Å²) in [6.07, 6.45) is 1.65. The molecule has 0 amide bonds. The maximum atomic E-state index is 9.53. The van der Waals surface area contributed by atoms with Crippen molar-refractivity contribution in [3.05, 3.63) is 50.8 Å². The number of rotatable bonds is 5. The van der Waals surface area contributed by atoms with Gasteiger partial charge in [0.15, 0.2) is 0 Å². The highest BCUT2D eigenvalue weighted by Gasteiger charge is 2.15. The van der Waals surface area contributed by atoms with Crippen molar-refractivity contribution < 1.29 is 5.11 Å². The molecule has 0 radical (unpaired) electrons. The van der Waals surface area contributed by atoms with Crippen LogP contribution in [0.2, 0.25) is 10.0 Å². The second-order valence-corrected chi connectivity index (χ2v) is 5.46. The van der Waals surface area contributed by atoms with Gasteiger partial charge in [-0.25, -0.2) is 0 Å². The highest BCUT2D eigenvalue weighted by atomic mass is 35.5. The number of aryl methyl sites for hydroxylation is 1. The normalized spacial score (nSPS) is 11.1. The molecular weight excluding hydrogens is 295 g/mol. The van der Waals surface area contributed by atoms with E-state index >= 15 is 0 Å². The van der Waals surface area contributed by atoms with E-state index in [1.165, 1.54) is 0 Å². The first-order valence-corrected chi connectivity index (χ1v) is 7.48. The Bertz CT molecular complexity index is 608. The van der Waals surface area contributed by atoms with Crippen molar-refractivity contribution in [3.8, 4) is 0 Å². The van der Waals surface area contributed by atoms with Crippen LogP contribution in [-0.2, 0) is 26.0 Å². The third-order valence-electron chi connectivity index (χ3n) is 3.39. The number of benzene rings is 1. The molecule has 1 aromatic heterocycles. The van der Waals surface area contributed by atoms with Crippen LogP contribution < -0.4 is 0 Å². The summed E-state index contributed by atoms with van der Waals surface area (Å²) >= 11 is 12.0. The molecular formula is C15H18Cl2N2O. The van der Waals surface area contributed by atoms with Crippen LogP contribution >= 0.6 is 23.2 Å². The van der Waals surface area contributed by atoms with Gasteiger partial charge >= 0.3 is 0 Å². The lowest BCUT2D eigenvalue weighted by Crippen LogP contribution is -2.06. The number of nitrogens with zero attached hydrogens (tertiary/aromatic N) is 2. The number of halogens is 2. The summed E-state index contributed by atoms with van der Waals surface area (Å²) in [5.74, 6) is 0. The largest absolute Gasteiger partial charge is 0.392 e. The van der Waals surface area contributed by atoms with E-state index in [9.17, 15) is 5.11 Å². The SMILES string of the molecule is CCc1nn(Cc2ccc(Cl)c(Cl)c2)c(CC)c1CO. The van der Waals surface area contributed by atoms with E-state index in [2.05, 4.69) is 12.0 Å². The molecule has 0 aliphatic carbocycles. The van der Waals surface area contributed by atoms with Crippen molar-refractivity contribution in [2.24, 2.45) is 0 Å². The van der Waals surface area contributed by atoms with Crippen LogP contribution in [0.1, 0.15) is 36.4 Å². The molecule has 2 rings (SSSR count). The summed E-state index contributed by atoms with van der Waals surface area (Å²) in [6.45, 7) is 4.78. The molecule has 0 bridgehead atoms. The molecule has 108 valence electrons. The van der Waals surface area contributed by atoms with Crippen molar-refractivity contribution >= 4 is 23.2 Å². The zero-order valence-corrected chi connectivity index (χ0v) is 13.2. The first kappa shape index (κ1) is 15.4. The molecule has 0 fully saturated rings. The lowest BCUT2D eigenvalue weighted by Gasteiger charge is -2.08. The zero-order valence-electron chi connectivity index (χ0n) is 11.7. The molecule has 1 N–H and O–H groups in total. The maximum Gasteiger partial charge on any atom is 0.0718 e. The predicted molar refractivity (Wildman–Crippen MR) is 82.5 cm³/mol. The highest BCUT2D eigenvalue weighted by Crippen LogP contribution is 2.24. The van der Waals surface area contributed by atoms with Crippen LogP contribution in [0.3, 0.4) is 0 Å². The highest BCUT2D eigenvalue weighted by molar-refractivity contribution is 6.42. The summed E-state index contributed by atoms with van der Waals surface area (Å²) < 4.78 is 1.95. The molecule has 3 nitrogen and oxygen atoms in total. The average molecular weight is 313 g/mol. The summed E-state index contributed by atoms with van der Waals surface area (Å²) in [6, 6.07) is 5.59. The lowest BCUT2D eigenvalue weighted by atomic mass is 10.1. The van der Waals surface area contributed by atoms with E-state index in [0.29, 0.717) is 16.6 Å². The molecule has 0 saturated carbocycles. The Hall–Kier alpha value is -1.03. The first-order chi connectivity index (χ1) is 9.60. The van der Waals surface area contributed by atoms with Crippen molar-refractivity contribution in [3.63, 3.8) is 0 Å². The minimum Gasteiger partial charge on any atom is -0.392 e. The number of hydrogen-bond acceptors (Lipinski definition) is 2. The molecule has 0 spiro atoms. The standard InChI is InChI=1S/C15H18Cl2N2O/c1-3-14-11(9-20)15(4-2)19(18-14)8-10-5-6-12(16)13(17)7-10/h5-7,20H,3-4,8-9H2,1-2H3. The molecule has 0 aliphatic heterocycles. The van der Waals surface area contributed by atoms with Crippen LogP contribution in [0, 0.1) is 0 Å². The summed E-state index contributed by atoms with van der Waals surface area (Å²) in [4.78, 5) is 0. The molecule has 0 unspecified atom stereocenters. The van der Waals surface area contributed by atoms with Crippen LogP contribution in [0.15, 0.2) is 18.2 Å². The fraction of sp³-hybridized carbons (Fsp3) is 0.400. The lowest BCUT2D eigenvalue weighted by molar-refractivity contribution is 0.279. The van der Waals surface area contributed by atoms with Crippen molar-refractivity contribution in [1.29, 1.82) is 0 Å². The Morgan fingerprint density at radius 2 is 1.90 bits per heavy atom. The second kappa shape index (κ2) is 6.61. The Morgan fingerprint density at radius 3 is 2.45 bits per heavy atom. The van der Waals surface area contributed by atoms with Gasteiger partial charge in [-0.15, -0.1) is 0 Å². The molecule has 5 heteroatoms. The van der Waals surface area contributed by atoms with Gasteiger partial charge < -0.3 is 5.11 Å². The maximum absolute atomic E-state index is 9.53. The fourth-order valence-electron chi connectivity index (χ4n) is 2.39.